The number of carboxylic acid groups (broad SMARTS) is 1. The fraction of sp³-hybridized carbons (Fsp3) is 0.533. The van der Waals surface area contributed by atoms with Gasteiger partial charge in [0.1, 0.15) is 6.61 Å². The van der Waals surface area contributed by atoms with Crippen LogP contribution in [0, 0.1) is 19.3 Å². The molecule has 37 heavy (non-hydrogen) atoms. The van der Waals surface area contributed by atoms with Gasteiger partial charge in [-0.1, -0.05) is 75.7 Å². The molecule has 0 heterocycles. The fourth-order valence-corrected chi connectivity index (χ4v) is 5.73. The molecule has 0 aliphatic heterocycles. The van der Waals surface area contributed by atoms with Gasteiger partial charge in [0.2, 0.25) is 0 Å². The molecule has 0 radical (unpaired) electrons. The third-order valence-electron chi connectivity index (χ3n) is 6.63. The van der Waals surface area contributed by atoms with Gasteiger partial charge in [-0.05, 0) is 68.5 Å². The fourth-order valence-electron chi connectivity index (χ4n) is 4.41. The molecule has 2 aromatic rings. The van der Waals surface area contributed by atoms with Gasteiger partial charge in [-0.25, -0.2) is 9.59 Å². The summed E-state index contributed by atoms with van der Waals surface area (Å²) in [6.45, 7) is 13.6. The van der Waals surface area contributed by atoms with Crippen molar-refractivity contribution in [1.29, 1.82) is 0 Å². The van der Waals surface area contributed by atoms with Crippen molar-refractivity contribution in [2.24, 2.45) is 5.41 Å². The lowest BCUT2D eigenvalue weighted by molar-refractivity contribution is -0.206. The number of carbonyl (C=O) groups excluding carboxylic acids is 1. The molecular formula is C30H44O6Si. The van der Waals surface area contributed by atoms with Crippen LogP contribution in [-0.2, 0) is 36.5 Å². The number of hydrogen-bond donors (Lipinski definition) is 1. The predicted octanol–water partition coefficient (Wildman–Crippen LogP) is 6.01. The summed E-state index contributed by atoms with van der Waals surface area (Å²) >= 11 is 0. The SMILES string of the molecule is Cc1ccc(CCCCCO[C@@H](C(=O)OCc2ccccc2)[C@@](O[SiH](C)C)(C(=O)O)C(C)(C)C)cc1C. The zero-order chi connectivity index (χ0) is 27.6. The predicted molar refractivity (Wildman–Crippen MR) is 149 cm³/mol. The highest BCUT2D eigenvalue weighted by Gasteiger charge is 2.60. The van der Waals surface area contributed by atoms with Crippen LogP contribution in [0.3, 0.4) is 0 Å². The lowest BCUT2D eigenvalue weighted by Gasteiger charge is -2.45. The largest absolute Gasteiger partial charge is 0.479 e. The van der Waals surface area contributed by atoms with Crippen molar-refractivity contribution in [3.63, 3.8) is 0 Å². The van der Waals surface area contributed by atoms with Crippen LogP contribution < -0.4 is 0 Å². The Morgan fingerprint density at radius 3 is 2.16 bits per heavy atom. The third-order valence-corrected chi connectivity index (χ3v) is 7.47. The van der Waals surface area contributed by atoms with Crippen LogP contribution in [0.4, 0.5) is 0 Å². The van der Waals surface area contributed by atoms with Crippen LogP contribution in [0.1, 0.15) is 62.3 Å². The van der Waals surface area contributed by atoms with Gasteiger partial charge in [-0.2, -0.15) is 0 Å². The average molecular weight is 529 g/mol. The van der Waals surface area contributed by atoms with Crippen molar-refractivity contribution in [3.05, 3.63) is 70.8 Å². The number of carboxylic acids is 1. The van der Waals surface area contributed by atoms with Crippen LogP contribution >= 0.6 is 0 Å². The van der Waals surface area contributed by atoms with Crippen molar-refractivity contribution >= 4 is 21.0 Å². The Morgan fingerprint density at radius 1 is 0.919 bits per heavy atom. The van der Waals surface area contributed by atoms with E-state index in [1.54, 1.807) is 20.8 Å². The molecule has 0 amide bonds. The summed E-state index contributed by atoms with van der Waals surface area (Å²) in [4.78, 5) is 26.2. The molecule has 2 atom stereocenters. The van der Waals surface area contributed by atoms with E-state index in [2.05, 4.69) is 32.0 Å². The molecule has 204 valence electrons. The summed E-state index contributed by atoms with van der Waals surface area (Å²) in [5, 5.41) is 10.4. The highest BCUT2D eigenvalue weighted by molar-refractivity contribution is 6.48. The quantitative estimate of drug-likeness (QED) is 0.184. The number of aryl methyl sites for hydroxylation is 3. The molecule has 0 fully saturated rings. The van der Waals surface area contributed by atoms with Crippen molar-refractivity contribution < 1.29 is 28.6 Å². The standard InChI is InChI=1S/C30H44O6Si/c1-22-17-18-24(20-23(22)2)14-12-9-13-19-34-26(27(31)35-21-25-15-10-8-11-16-25)30(28(32)33,29(3,4)5)36-37(6)7/h8,10-11,15-18,20,26,37H,9,12-14,19,21H2,1-7H3,(H,32,33)/t26-,30+/m0/s1. The van der Waals surface area contributed by atoms with Crippen LogP contribution in [0.15, 0.2) is 48.5 Å². The molecule has 0 bridgehead atoms. The van der Waals surface area contributed by atoms with E-state index >= 15 is 0 Å². The summed E-state index contributed by atoms with van der Waals surface area (Å²) in [6.07, 6.45) is 2.16. The second-order valence-electron chi connectivity index (χ2n) is 11.0. The van der Waals surface area contributed by atoms with E-state index in [1.807, 2.05) is 43.4 Å². The van der Waals surface area contributed by atoms with Gasteiger partial charge in [0, 0.05) is 12.0 Å². The molecule has 0 aromatic heterocycles. The molecule has 6 nitrogen and oxygen atoms in total. The Bertz CT molecular complexity index is 1010. The summed E-state index contributed by atoms with van der Waals surface area (Å²) in [6, 6.07) is 15.8. The maximum absolute atomic E-state index is 13.4. The molecule has 0 spiro atoms. The van der Waals surface area contributed by atoms with Gasteiger partial charge in [-0.3, -0.25) is 0 Å². The van der Waals surface area contributed by atoms with Crippen molar-refractivity contribution in [2.75, 3.05) is 6.61 Å². The molecule has 0 aliphatic carbocycles. The van der Waals surface area contributed by atoms with Crippen molar-refractivity contribution in [2.45, 2.75) is 91.7 Å². The van der Waals surface area contributed by atoms with E-state index in [4.69, 9.17) is 13.9 Å². The van der Waals surface area contributed by atoms with Crippen LogP contribution in [0.25, 0.3) is 0 Å². The Kier molecular flexibility index (Phi) is 11.5. The zero-order valence-corrected chi connectivity index (χ0v) is 24.7. The second-order valence-corrected chi connectivity index (χ2v) is 13.4. The smallest absolute Gasteiger partial charge is 0.339 e. The highest BCUT2D eigenvalue weighted by atomic mass is 28.3. The number of rotatable bonds is 14. The monoisotopic (exact) mass is 528 g/mol. The molecule has 0 unspecified atom stereocenters. The first kappa shape index (κ1) is 30.7. The van der Waals surface area contributed by atoms with Gasteiger partial charge in [0.25, 0.3) is 0 Å². The lowest BCUT2D eigenvalue weighted by atomic mass is 9.72. The Labute approximate surface area is 224 Å². The highest BCUT2D eigenvalue weighted by Crippen LogP contribution is 2.40. The Morgan fingerprint density at radius 2 is 1.59 bits per heavy atom. The first-order valence-electron chi connectivity index (χ1n) is 13.2. The molecule has 2 rings (SSSR count). The van der Waals surface area contributed by atoms with Gasteiger partial charge < -0.3 is 19.0 Å². The maximum atomic E-state index is 13.4. The number of unbranched alkanes of at least 4 members (excludes halogenated alkanes) is 2. The zero-order valence-electron chi connectivity index (χ0n) is 23.5. The van der Waals surface area contributed by atoms with Crippen LogP contribution in [0.5, 0.6) is 0 Å². The first-order chi connectivity index (χ1) is 17.4. The Hall–Kier alpha value is -2.48. The maximum Gasteiger partial charge on any atom is 0.339 e. The van der Waals surface area contributed by atoms with Crippen molar-refractivity contribution in [1.82, 2.24) is 0 Å². The van der Waals surface area contributed by atoms with E-state index < -0.39 is 38.1 Å². The van der Waals surface area contributed by atoms with Crippen LogP contribution in [0.2, 0.25) is 13.1 Å². The Balaban J connectivity index is 2.13. The lowest BCUT2D eigenvalue weighted by Crippen LogP contribution is -2.65. The van der Waals surface area contributed by atoms with E-state index in [1.165, 1.54) is 16.7 Å². The van der Waals surface area contributed by atoms with E-state index in [9.17, 15) is 14.7 Å². The minimum atomic E-state index is -1.89. The summed E-state index contributed by atoms with van der Waals surface area (Å²) in [5.74, 6) is -1.93. The third kappa shape index (κ3) is 8.52. The summed E-state index contributed by atoms with van der Waals surface area (Å²) in [5.41, 5.74) is 1.92. The van der Waals surface area contributed by atoms with E-state index in [-0.39, 0.29) is 13.2 Å². The number of benzene rings is 2. The normalized spacial score (nSPS) is 14.3. The molecule has 2 aromatic carbocycles. The van der Waals surface area contributed by atoms with Gasteiger partial charge in [0.05, 0.1) is 0 Å². The van der Waals surface area contributed by atoms with Crippen LogP contribution in [-0.4, -0.2) is 44.4 Å². The molecule has 0 saturated heterocycles. The first-order valence-corrected chi connectivity index (χ1v) is 16.0. The molecule has 0 saturated carbocycles. The minimum absolute atomic E-state index is 0.0362. The number of carbonyl (C=O) groups is 2. The van der Waals surface area contributed by atoms with Gasteiger partial charge >= 0.3 is 11.9 Å². The average Bonchev–Trinajstić information content (AvgIpc) is 2.82. The molecule has 1 N–H and O–H groups in total. The number of esters is 1. The number of ether oxygens (including phenoxy) is 2. The van der Waals surface area contributed by atoms with Gasteiger partial charge in [-0.15, -0.1) is 0 Å². The molecule has 0 aliphatic rings. The summed E-state index contributed by atoms with van der Waals surface area (Å²) < 4.78 is 17.8. The second kappa shape index (κ2) is 13.9. The van der Waals surface area contributed by atoms with E-state index in [0.717, 1.165) is 24.8 Å². The minimum Gasteiger partial charge on any atom is -0.479 e. The summed E-state index contributed by atoms with van der Waals surface area (Å²) in [7, 11) is -1.89. The molecule has 7 heteroatoms. The van der Waals surface area contributed by atoms with Crippen molar-refractivity contribution in [3.8, 4) is 0 Å². The van der Waals surface area contributed by atoms with Gasteiger partial charge in [0.15, 0.2) is 20.7 Å². The van der Waals surface area contributed by atoms with E-state index in [0.29, 0.717) is 6.42 Å². The molecular weight excluding hydrogens is 484 g/mol. The number of aliphatic carboxylic acids is 1. The topological polar surface area (TPSA) is 82.1 Å². The number of hydrogen-bond acceptors (Lipinski definition) is 5.